The Hall–Kier alpha value is -1.15. The lowest BCUT2D eigenvalue weighted by atomic mass is 10.0. The molecule has 0 saturated carbocycles. The highest BCUT2D eigenvalue weighted by Gasteiger charge is 2.06. The summed E-state index contributed by atoms with van der Waals surface area (Å²) in [6.07, 6.45) is 6.69. The molecule has 1 aromatic carbocycles. The first-order valence-corrected chi connectivity index (χ1v) is 6.88. The minimum Gasteiger partial charge on any atom is -0.310 e. The van der Waals surface area contributed by atoms with E-state index in [0.29, 0.717) is 12.8 Å². The van der Waals surface area contributed by atoms with Crippen molar-refractivity contribution in [2.45, 2.75) is 51.9 Å². The number of carbonyl (C=O) groups excluding carboxylic acids is 1. The van der Waals surface area contributed by atoms with Gasteiger partial charge in [0.2, 0.25) is 0 Å². The summed E-state index contributed by atoms with van der Waals surface area (Å²) in [4.78, 5) is 11.8. The van der Waals surface area contributed by atoms with Gasteiger partial charge in [-0.1, -0.05) is 56.5 Å². The lowest BCUT2D eigenvalue weighted by Crippen LogP contribution is -2.04. The minimum absolute atomic E-state index is 0. The van der Waals surface area contributed by atoms with Crippen molar-refractivity contribution >= 4 is 23.9 Å². The third-order valence-electron chi connectivity index (χ3n) is 3.08. The number of unbranched alkanes of at least 4 members (excludes halogenated alkanes) is 3. The molecule has 1 N–H and O–H groups in total. The predicted octanol–water partition coefficient (Wildman–Crippen LogP) is 5.06. The SMILES string of the molecule is CCCCCCC(=N)CCC(=O)c1ccccc1.Cl. The van der Waals surface area contributed by atoms with Gasteiger partial charge >= 0.3 is 0 Å². The Kier molecular flexibility index (Phi) is 10.1. The van der Waals surface area contributed by atoms with E-state index in [0.717, 1.165) is 24.1 Å². The molecule has 2 nitrogen and oxygen atoms in total. The number of Topliss-reactive ketones (excluding diaryl/α,β-unsaturated/α-hetero) is 1. The zero-order valence-electron chi connectivity index (χ0n) is 11.7. The predicted molar refractivity (Wildman–Crippen MR) is 83.7 cm³/mol. The van der Waals surface area contributed by atoms with E-state index < -0.39 is 0 Å². The summed E-state index contributed by atoms with van der Waals surface area (Å²) in [5.74, 6) is 0.147. The molecule has 0 atom stereocenters. The monoisotopic (exact) mass is 281 g/mol. The lowest BCUT2D eigenvalue weighted by Gasteiger charge is -2.04. The molecule has 1 aromatic rings. The van der Waals surface area contributed by atoms with Crippen molar-refractivity contribution in [3.8, 4) is 0 Å². The Morgan fingerprint density at radius 3 is 2.32 bits per heavy atom. The molecule has 106 valence electrons. The number of hydrogen-bond donors (Lipinski definition) is 1. The molecule has 0 aliphatic heterocycles. The van der Waals surface area contributed by atoms with Crippen LogP contribution in [0, 0.1) is 5.41 Å². The Morgan fingerprint density at radius 1 is 1.00 bits per heavy atom. The first-order chi connectivity index (χ1) is 8.74. The maximum Gasteiger partial charge on any atom is 0.163 e. The molecule has 3 heteroatoms. The van der Waals surface area contributed by atoms with E-state index in [-0.39, 0.29) is 18.2 Å². The normalized spacial score (nSPS) is 9.74. The van der Waals surface area contributed by atoms with Crippen LogP contribution >= 0.6 is 12.4 Å². The summed E-state index contributed by atoms with van der Waals surface area (Å²) < 4.78 is 0. The van der Waals surface area contributed by atoms with E-state index in [1.54, 1.807) is 0 Å². The number of carbonyl (C=O) groups is 1. The summed E-state index contributed by atoms with van der Waals surface area (Å²) in [7, 11) is 0. The number of rotatable bonds is 9. The molecule has 0 bridgehead atoms. The molecular formula is C16H24ClNO. The van der Waals surface area contributed by atoms with Crippen LogP contribution in [0.4, 0.5) is 0 Å². The highest BCUT2D eigenvalue weighted by Crippen LogP contribution is 2.09. The van der Waals surface area contributed by atoms with Crippen molar-refractivity contribution in [1.29, 1.82) is 5.41 Å². The summed E-state index contributed by atoms with van der Waals surface area (Å²) in [6, 6.07) is 9.35. The molecular weight excluding hydrogens is 258 g/mol. The van der Waals surface area contributed by atoms with Crippen molar-refractivity contribution < 1.29 is 4.79 Å². The second-order valence-electron chi connectivity index (χ2n) is 4.70. The van der Waals surface area contributed by atoms with Crippen LogP contribution in [0.25, 0.3) is 0 Å². The Balaban J connectivity index is 0.00000324. The van der Waals surface area contributed by atoms with Crippen LogP contribution in [0.15, 0.2) is 30.3 Å². The molecule has 0 unspecified atom stereocenters. The molecule has 19 heavy (non-hydrogen) atoms. The van der Waals surface area contributed by atoms with Gasteiger partial charge in [-0.3, -0.25) is 4.79 Å². The molecule has 1 rings (SSSR count). The first kappa shape index (κ1) is 17.8. The fourth-order valence-electron chi connectivity index (χ4n) is 1.92. The van der Waals surface area contributed by atoms with Gasteiger partial charge in [0.1, 0.15) is 0 Å². The number of hydrogen-bond acceptors (Lipinski definition) is 2. The van der Waals surface area contributed by atoms with Gasteiger partial charge in [-0.2, -0.15) is 0 Å². The molecule has 0 radical (unpaired) electrons. The summed E-state index contributed by atoms with van der Waals surface area (Å²) in [6.45, 7) is 2.18. The van der Waals surface area contributed by atoms with Crippen molar-refractivity contribution in [1.82, 2.24) is 0 Å². The zero-order chi connectivity index (χ0) is 13.2. The largest absolute Gasteiger partial charge is 0.310 e. The van der Waals surface area contributed by atoms with Crippen LogP contribution in [-0.2, 0) is 0 Å². The van der Waals surface area contributed by atoms with E-state index in [1.807, 2.05) is 30.3 Å². The van der Waals surface area contributed by atoms with E-state index in [1.165, 1.54) is 19.3 Å². The first-order valence-electron chi connectivity index (χ1n) is 6.88. The van der Waals surface area contributed by atoms with E-state index in [4.69, 9.17) is 5.41 Å². The molecule has 0 fully saturated rings. The quantitative estimate of drug-likeness (QED) is 0.383. The van der Waals surface area contributed by atoms with Gasteiger partial charge in [0.25, 0.3) is 0 Å². The van der Waals surface area contributed by atoms with Gasteiger partial charge in [-0.15, -0.1) is 12.4 Å². The highest BCUT2D eigenvalue weighted by molar-refractivity contribution is 5.98. The Labute approximate surface area is 122 Å². The van der Waals surface area contributed by atoms with Crippen molar-refractivity contribution in [3.63, 3.8) is 0 Å². The number of benzene rings is 1. The molecule has 0 heterocycles. The molecule has 0 aromatic heterocycles. The average molecular weight is 282 g/mol. The van der Waals surface area contributed by atoms with Crippen LogP contribution < -0.4 is 0 Å². The van der Waals surface area contributed by atoms with Crippen LogP contribution in [-0.4, -0.2) is 11.5 Å². The van der Waals surface area contributed by atoms with Gasteiger partial charge in [0, 0.05) is 17.7 Å². The molecule has 0 aliphatic rings. The molecule has 0 spiro atoms. The van der Waals surface area contributed by atoms with Gasteiger partial charge < -0.3 is 5.41 Å². The third kappa shape index (κ3) is 7.78. The van der Waals surface area contributed by atoms with Crippen molar-refractivity contribution in [3.05, 3.63) is 35.9 Å². The lowest BCUT2D eigenvalue weighted by molar-refractivity contribution is 0.0984. The topological polar surface area (TPSA) is 40.9 Å². The van der Waals surface area contributed by atoms with Gasteiger partial charge in [-0.25, -0.2) is 0 Å². The second-order valence-corrected chi connectivity index (χ2v) is 4.70. The van der Waals surface area contributed by atoms with E-state index >= 15 is 0 Å². The highest BCUT2D eigenvalue weighted by atomic mass is 35.5. The average Bonchev–Trinajstić information content (AvgIpc) is 2.42. The maximum absolute atomic E-state index is 11.8. The number of halogens is 1. The van der Waals surface area contributed by atoms with Crippen molar-refractivity contribution in [2.75, 3.05) is 0 Å². The Bertz CT molecular complexity index is 376. The standard InChI is InChI=1S/C16H23NO.ClH/c1-2-3-4-8-11-15(17)12-13-16(18)14-9-6-5-7-10-14;/h5-7,9-10,17H,2-4,8,11-13H2,1H3;1H. The fraction of sp³-hybridized carbons (Fsp3) is 0.500. The van der Waals surface area contributed by atoms with Gasteiger partial charge in [-0.05, 0) is 19.3 Å². The summed E-state index contributed by atoms with van der Waals surface area (Å²) in [5, 5.41) is 7.83. The third-order valence-corrected chi connectivity index (χ3v) is 3.08. The van der Waals surface area contributed by atoms with Crippen LogP contribution in [0.1, 0.15) is 62.2 Å². The van der Waals surface area contributed by atoms with Gasteiger partial charge in [0.05, 0.1) is 0 Å². The smallest absolute Gasteiger partial charge is 0.163 e. The summed E-state index contributed by atoms with van der Waals surface area (Å²) in [5.41, 5.74) is 1.48. The van der Waals surface area contributed by atoms with Crippen LogP contribution in [0.5, 0.6) is 0 Å². The fourth-order valence-corrected chi connectivity index (χ4v) is 1.92. The van der Waals surface area contributed by atoms with Crippen molar-refractivity contribution in [2.24, 2.45) is 0 Å². The van der Waals surface area contributed by atoms with E-state index in [2.05, 4.69) is 6.92 Å². The maximum atomic E-state index is 11.8. The second kappa shape index (κ2) is 10.7. The zero-order valence-corrected chi connectivity index (χ0v) is 12.5. The number of nitrogens with one attached hydrogen (secondary N) is 1. The molecule has 0 aliphatic carbocycles. The Morgan fingerprint density at radius 2 is 1.68 bits per heavy atom. The van der Waals surface area contributed by atoms with Crippen LogP contribution in [0.3, 0.4) is 0 Å². The van der Waals surface area contributed by atoms with Crippen LogP contribution in [0.2, 0.25) is 0 Å². The molecule has 0 amide bonds. The van der Waals surface area contributed by atoms with E-state index in [9.17, 15) is 4.79 Å². The minimum atomic E-state index is 0. The molecule has 0 saturated heterocycles. The van der Waals surface area contributed by atoms with Gasteiger partial charge in [0.15, 0.2) is 5.78 Å². The number of ketones is 1. The summed E-state index contributed by atoms with van der Waals surface area (Å²) >= 11 is 0.